The normalized spacial score (nSPS) is 19.6. The van der Waals surface area contributed by atoms with Gasteiger partial charge in [0.2, 0.25) is 5.95 Å². The fourth-order valence-electron chi connectivity index (χ4n) is 2.39. The lowest BCUT2D eigenvalue weighted by atomic mass is 10.2. The number of allylic oxidation sites excluding steroid dienone is 1. The molecule has 0 spiro atoms. The van der Waals surface area contributed by atoms with Crippen LogP contribution in [0.3, 0.4) is 0 Å². The highest BCUT2D eigenvalue weighted by molar-refractivity contribution is 6.06. The van der Waals surface area contributed by atoms with Gasteiger partial charge in [-0.3, -0.25) is 0 Å². The minimum absolute atomic E-state index is 0.264. The third-order valence-corrected chi connectivity index (χ3v) is 3.59. The largest absolute Gasteiger partial charge is 0.404 e. The van der Waals surface area contributed by atoms with Gasteiger partial charge in [-0.15, -0.1) is 0 Å². The summed E-state index contributed by atoms with van der Waals surface area (Å²) < 4.78 is 0. The van der Waals surface area contributed by atoms with Gasteiger partial charge in [-0.05, 0) is 20.4 Å². The van der Waals surface area contributed by atoms with Crippen LogP contribution in [0.2, 0.25) is 0 Å². The zero-order chi connectivity index (χ0) is 15.2. The maximum atomic E-state index is 5.85. The van der Waals surface area contributed by atoms with Crippen molar-refractivity contribution >= 4 is 23.6 Å². The van der Waals surface area contributed by atoms with Crippen LogP contribution in [0.1, 0.15) is 19.0 Å². The number of anilines is 2. The van der Waals surface area contributed by atoms with Gasteiger partial charge in [0.05, 0.1) is 11.3 Å². The molecule has 0 bridgehead atoms. The number of nitrogens with one attached hydrogen (secondary N) is 2. The number of nitrogen functional groups attached to an aromatic ring is 1. The molecule has 7 heteroatoms. The molecular formula is C14H24N7+. The number of hydrogen-bond donors (Lipinski definition) is 4. The molecule has 0 radical (unpaired) electrons. The summed E-state index contributed by atoms with van der Waals surface area (Å²) in [7, 11) is 1.98. The second kappa shape index (κ2) is 7.03. The van der Waals surface area contributed by atoms with E-state index in [9.17, 15) is 0 Å². The van der Waals surface area contributed by atoms with Crippen molar-refractivity contribution in [2.45, 2.75) is 19.4 Å². The lowest BCUT2D eigenvalue weighted by molar-refractivity contribution is -0.445. The van der Waals surface area contributed by atoms with Crippen LogP contribution in [0, 0.1) is 0 Å². The van der Waals surface area contributed by atoms with Gasteiger partial charge in [-0.25, -0.2) is 9.98 Å². The highest BCUT2D eigenvalue weighted by Crippen LogP contribution is 2.21. The molecule has 1 aromatic rings. The molecule has 2 rings (SSSR count). The van der Waals surface area contributed by atoms with Crippen molar-refractivity contribution in [3.8, 4) is 0 Å². The summed E-state index contributed by atoms with van der Waals surface area (Å²) in [5.74, 6) is 1.11. The topological polar surface area (TPSA) is 107 Å². The molecule has 1 saturated heterocycles. The van der Waals surface area contributed by atoms with Crippen LogP contribution < -0.4 is 26.7 Å². The van der Waals surface area contributed by atoms with E-state index in [1.54, 1.807) is 0 Å². The minimum Gasteiger partial charge on any atom is -0.404 e. The number of likely N-dealkylation sites (N-methyl/N-ethyl adjacent to an activating group) is 1. The van der Waals surface area contributed by atoms with Crippen LogP contribution in [0.15, 0.2) is 12.3 Å². The molecule has 1 aliphatic rings. The molecule has 0 aliphatic carbocycles. The zero-order valence-corrected chi connectivity index (χ0v) is 12.6. The van der Waals surface area contributed by atoms with E-state index in [0.29, 0.717) is 6.04 Å². The predicted molar refractivity (Wildman–Crippen MR) is 85.9 cm³/mol. The van der Waals surface area contributed by atoms with Crippen LogP contribution >= 0.6 is 0 Å². The van der Waals surface area contributed by atoms with Crippen LogP contribution in [0.4, 0.5) is 11.8 Å². The summed E-state index contributed by atoms with van der Waals surface area (Å²) in [6.07, 6.45) is 4.46. The Morgan fingerprint density at radius 2 is 2.38 bits per heavy atom. The van der Waals surface area contributed by atoms with E-state index in [2.05, 4.69) is 25.2 Å². The molecule has 1 aromatic heterocycles. The van der Waals surface area contributed by atoms with Crippen molar-refractivity contribution in [3.05, 3.63) is 18.0 Å². The molecule has 114 valence electrons. The molecule has 7 nitrogen and oxygen atoms in total. The number of nitrogens with two attached hydrogens (primary N) is 2. The first-order valence-electron chi connectivity index (χ1n) is 7.23. The summed E-state index contributed by atoms with van der Waals surface area (Å²) in [6.45, 7) is 4.72. The molecular weight excluding hydrogens is 266 g/mol. The van der Waals surface area contributed by atoms with E-state index in [4.69, 9.17) is 11.5 Å². The maximum absolute atomic E-state index is 5.85. The summed E-state index contributed by atoms with van der Waals surface area (Å²) in [4.78, 5) is 14.0. The van der Waals surface area contributed by atoms with E-state index in [0.717, 1.165) is 43.1 Å². The molecule has 0 amide bonds. The van der Waals surface area contributed by atoms with E-state index >= 15 is 0 Å². The van der Waals surface area contributed by atoms with Gasteiger partial charge in [0.25, 0.3) is 0 Å². The van der Waals surface area contributed by atoms with E-state index in [1.165, 1.54) is 6.20 Å². The molecule has 21 heavy (non-hydrogen) atoms. The van der Waals surface area contributed by atoms with Crippen molar-refractivity contribution < 1.29 is 4.99 Å². The monoisotopic (exact) mass is 290 g/mol. The molecule has 0 unspecified atom stereocenters. The van der Waals surface area contributed by atoms with Crippen molar-refractivity contribution in [1.82, 2.24) is 15.3 Å². The van der Waals surface area contributed by atoms with E-state index in [-0.39, 0.29) is 5.95 Å². The fourth-order valence-corrected chi connectivity index (χ4v) is 2.39. The van der Waals surface area contributed by atoms with Crippen molar-refractivity contribution in [1.29, 1.82) is 0 Å². The van der Waals surface area contributed by atoms with Gasteiger partial charge in [-0.2, -0.15) is 4.98 Å². The highest BCUT2D eigenvalue weighted by atomic mass is 15.2. The standard InChI is InChI=1S/C14H23N7/c1-3-18-8-10(7-15)12-6-13(20-14(16)19-12)21-5-4-11(9-21)17-2/h6-8,11,17H,3-5,9,15H2,1-2H3,(H2,16,19,20)/p+1/t11-/m1/s1. The summed E-state index contributed by atoms with van der Waals surface area (Å²) in [5.41, 5.74) is 13.1. The lowest BCUT2D eigenvalue weighted by Crippen LogP contribution is -2.68. The third-order valence-electron chi connectivity index (χ3n) is 3.59. The Balaban J connectivity index is 2.27. The Bertz CT molecular complexity index is 538. The quantitative estimate of drug-likeness (QED) is 0.483. The van der Waals surface area contributed by atoms with Crippen LogP contribution in [-0.2, 0) is 0 Å². The summed E-state index contributed by atoms with van der Waals surface area (Å²) in [6, 6.07) is 2.42. The van der Waals surface area contributed by atoms with Crippen LogP contribution in [0.5, 0.6) is 0 Å². The summed E-state index contributed by atoms with van der Waals surface area (Å²) in [5, 5.41) is 3.29. The van der Waals surface area contributed by atoms with Crippen LogP contribution in [0.25, 0.3) is 5.57 Å². The van der Waals surface area contributed by atoms with Gasteiger partial charge in [0, 0.05) is 31.4 Å². The van der Waals surface area contributed by atoms with Gasteiger partial charge in [0.1, 0.15) is 12.4 Å². The average Bonchev–Trinajstić information content (AvgIpc) is 2.96. The molecule has 1 fully saturated rings. The minimum atomic E-state index is 0.264. The Hall–Kier alpha value is -2.15. The molecule has 6 N–H and O–H groups in total. The second-order valence-electron chi connectivity index (χ2n) is 5.01. The highest BCUT2D eigenvalue weighted by Gasteiger charge is 2.23. The fraction of sp³-hybridized carbons (Fsp3) is 0.500. The SMILES string of the molecule is CC[NH+]=CC(=CN)c1cc(N2CC[C@@H](NC)C2)nc(N)n1. The van der Waals surface area contributed by atoms with Crippen molar-refractivity contribution in [3.63, 3.8) is 0 Å². The predicted octanol–water partition coefficient (Wildman–Crippen LogP) is -1.67. The molecule has 1 aliphatic heterocycles. The molecule has 1 atom stereocenters. The Kier molecular flexibility index (Phi) is 5.10. The summed E-state index contributed by atoms with van der Waals surface area (Å²) >= 11 is 0. The van der Waals surface area contributed by atoms with Gasteiger partial charge in [-0.1, -0.05) is 0 Å². The Labute approximate surface area is 125 Å². The first-order valence-corrected chi connectivity index (χ1v) is 7.23. The Morgan fingerprint density at radius 3 is 3.00 bits per heavy atom. The smallest absolute Gasteiger partial charge is 0.222 e. The van der Waals surface area contributed by atoms with Gasteiger partial charge in [0.15, 0.2) is 6.21 Å². The molecule has 2 heterocycles. The van der Waals surface area contributed by atoms with Crippen molar-refractivity contribution in [2.75, 3.05) is 37.3 Å². The van der Waals surface area contributed by atoms with Gasteiger partial charge >= 0.3 is 0 Å². The first-order chi connectivity index (χ1) is 10.2. The second-order valence-corrected chi connectivity index (χ2v) is 5.01. The Morgan fingerprint density at radius 1 is 1.57 bits per heavy atom. The van der Waals surface area contributed by atoms with Crippen molar-refractivity contribution in [2.24, 2.45) is 5.73 Å². The molecule has 0 aromatic carbocycles. The number of nitrogens with zero attached hydrogens (tertiary/aromatic N) is 3. The van der Waals surface area contributed by atoms with Crippen LogP contribution in [-0.4, -0.2) is 48.9 Å². The first kappa shape index (κ1) is 15.2. The third kappa shape index (κ3) is 3.69. The maximum Gasteiger partial charge on any atom is 0.222 e. The van der Waals surface area contributed by atoms with E-state index in [1.807, 2.05) is 26.3 Å². The number of rotatable bonds is 5. The molecule has 0 saturated carbocycles. The number of aromatic nitrogens is 2. The average molecular weight is 290 g/mol. The lowest BCUT2D eigenvalue weighted by Gasteiger charge is -2.18. The van der Waals surface area contributed by atoms with Gasteiger partial charge < -0.3 is 21.7 Å². The zero-order valence-electron chi connectivity index (χ0n) is 12.6. The number of hydrogen-bond acceptors (Lipinski definition) is 6. The van der Waals surface area contributed by atoms with E-state index < -0.39 is 0 Å².